The van der Waals surface area contributed by atoms with Gasteiger partial charge in [0.1, 0.15) is 5.82 Å². The largest absolute Gasteiger partial charge is 0.375 e. The van der Waals surface area contributed by atoms with Crippen LogP contribution in [0.1, 0.15) is 12.5 Å². The second kappa shape index (κ2) is 9.53. The molecule has 2 fully saturated rings. The van der Waals surface area contributed by atoms with Gasteiger partial charge in [-0.1, -0.05) is 17.7 Å². The second-order valence-electron chi connectivity index (χ2n) is 7.78. The van der Waals surface area contributed by atoms with Crippen molar-refractivity contribution in [3.8, 4) is 0 Å². The van der Waals surface area contributed by atoms with Gasteiger partial charge in [-0.2, -0.15) is 0 Å². The predicted molar refractivity (Wildman–Crippen MR) is 122 cm³/mol. The first kappa shape index (κ1) is 20.8. The van der Waals surface area contributed by atoms with Gasteiger partial charge in [0.15, 0.2) is 5.96 Å². The summed E-state index contributed by atoms with van der Waals surface area (Å²) >= 11 is 5.98. The number of aromatic nitrogens is 1. The number of benzene rings is 1. The Hall–Kier alpha value is -2.51. The maximum absolute atomic E-state index is 6.26. The van der Waals surface area contributed by atoms with E-state index in [1.54, 1.807) is 0 Å². The van der Waals surface area contributed by atoms with Crippen LogP contribution < -0.4 is 15.5 Å². The van der Waals surface area contributed by atoms with E-state index >= 15 is 0 Å². The first-order chi connectivity index (χ1) is 14.6. The average Bonchev–Trinajstić information content (AvgIpc) is 2.78. The van der Waals surface area contributed by atoms with E-state index in [-0.39, 0.29) is 6.10 Å². The van der Waals surface area contributed by atoms with Crippen LogP contribution in [0.25, 0.3) is 0 Å². The van der Waals surface area contributed by atoms with Crippen LogP contribution in [0.15, 0.2) is 47.6 Å². The maximum atomic E-state index is 6.26. The SMILES string of the molecule is CC1CN(c2ccc(CN=C(N)N3CCN(c4ccc(Cl)cc4)CC3)cn2)CCO1. The van der Waals surface area contributed by atoms with E-state index in [2.05, 4.69) is 55.9 Å². The van der Waals surface area contributed by atoms with Gasteiger partial charge in [-0.05, 0) is 42.8 Å². The zero-order chi connectivity index (χ0) is 20.9. The Labute approximate surface area is 183 Å². The average molecular weight is 429 g/mol. The lowest BCUT2D eigenvalue weighted by Crippen LogP contribution is -2.51. The summed E-state index contributed by atoms with van der Waals surface area (Å²) < 4.78 is 5.60. The van der Waals surface area contributed by atoms with Crippen LogP contribution in [0, 0.1) is 0 Å². The first-order valence-electron chi connectivity index (χ1n) is 10.5. The van der Waals surface area contributed by atoms with Crippen molar-refractivity contribution < 1.29 is 4.74 Å². The Balaban J connectivity index is 1.28. The van der Waals surface area contributed by atoms with E-state index in [0.717, 1.165) is 62.3 Å². The van der Waals surface area contributed by atoms with Crippen LogP contribution in [-0.2, 0) is 11.3 Å². The van der Waals surface area contributed by atoms with Gasteiger partial charge in [0.2, 0.25) is 0 Å². The standard InChI is InChI=1S/C22H29ClN6O/c1-17-16-29(12-13-30-17)21-7-2-18(14-25-21)15-26-22(24)28-10-8-27(9-11-28)20-5-3-19(23)4-6-20/h2-7,14,17H,8-13,15-16H2,1H3,(H2,24,26). The van der Waals surface area contributed by atoms with Crippen molar-refractivity contribution in [2.75, 3.05) is 55.7 Å². The minimum absolute atomic E-state index is 0.241. The number of morpholine rings is 1. The molecular formula is C22H29ClN6O. The maximum Gasteiger partial charge on any atom is 0.191 e. The molecule has 2 aromatic rings. The predicted octanol–water partition coefficient (Wildman–Crippen LogP) is 2.60. The number of nitrogens with zero attached hydrogens (tertiary/aromatic N) is 5. The molecular weight excluding hydrogens is 400 g/mol. The molecule has 30 heavy (non-hydrogen) atoms. The number of guanidine groups is 1. The van der Waals surface area contributed by atoms with Crippen molar-refractivity contribution in [2.45, 2.75) is 19.6 Å². The molecule has 2 aliphatic heterocycles. The fourth-order valence-corrected chi connectivity index (χ4v) is 3.97. The molecule has 7 nitrogen and oxygen atoms in total. The van der Waals surface area contributed by atoms with Crippen molar-refractivity contribution in [3.05, 3.63) is 53.2 Å². The Kier molecular flexibility index (Phi) is 6.59. The molecule has 2 N–H and O–H groups in total. The molecule has 8 heteroatoms. The van der Waals surface area contributed by atoms with E-state index in [9.17, 15) is 0 Å². The molecule has 2 aliphatic rings. The first-order valence-corrected chi connectivity index (χ1v) is 10.8. The number of aliphatic imine (C=N–C) groups is 1. The topological polar surface area (TPSA) is 70.2 Å². The molecule has 160 valence electrons. The van der Waals surface area contributed by atoms with Crippen molar-refractivity contribution in [1.82, 2.24) is 9.88 Å². The molecule has 4 rings (SSSR count). The van der Waals surface area contributed by atoms with E-state index in [4.69, 9.17) is 22.1 Å². The van der Waals surface area contributed by atoms with Gasteiger partial charge in [0, 0.05) is 56.2 Å². The zero-order valence-electron chi connectivity index (χ0n) is 17.4. The van der Waals surface area contributed by atoms with Crippen molar-refractivity contribution >= 4 is 29.1 Å². The summed E-state index contributed by atoms with van der Waals surface area (Å²) in [4.78, 5) is 15.9. The highest BCUT2D eigenvalue weighted by molar-refractivity contribution is 6.30. The number of nitrogens with two attached hydrogens (primary N) is 1. The van der Waals surface area contributed by atoms with Crippen molar-refractivity contribution in [1.29, 1.82) is 0 Å². The number of piperazine rings is 1. The summed E-state index contributed by atoms with van der Waals surface area (Å²) in [5.74, 6) is 1.58. The van der Waals surface area contributed by atoms with E-state index < -0.39 is 0 Å². The summed E-state index contributed by atoms with van der Waals surface area (Å²) in [6.45, 7) is 8.65. The molecule has 1 aromatic heterocycles. The number of pyridine rings is 1. The van der Waals surface area contributed by atoms with E-state index in [1.807, 2.05) is 18.3 Å². The lowest BCUT2D eigenvalue weighted by atomic mass is 10.2. The van der Waals surface area contributed by atoms with Crippen LogP contribution in [0.2, 0.25) is 5.02 Å². The molecule has 1 aromatic carbocycles. The van der Waals surface area contributed by atoms with Crippen LogP contribution in [0.3, 0.4) is 0 Å². The summed E-state index contributed by atoms with van der Waals surface area (Å²) in [6.07, 6.45) is 2.13. The molecule has 0 amide bonds. The zero-order valence-corrected chi connectivity index (χ0v) is 18.1. The Morgan fingerprint density at radius 2 is 1.87 bits per heavy atom. The molecule has 0 aliphatic carbocycles. The third-order valence-corrected chi connectivity index (χ3v) is 5.85. The number of hydrogen-bond acceptors (Lipinski definition) is 5. The number of hydrogen-bond donors (Lipinski definition) is 1. The normalized spacial score (nSPS) is 20.5. The molecule has 3 heterocycles. The fourth-order valence-electron chi connectivity index (χ4n) is 3.84. The summed E-state index contributed by atoms with van der Waals surface area (Å²) in [6, 6.07) is 12.1. The second-order valence-corrected chi connectivity index (χ2v) is 8.21. The van der Waals surface area contributed by atoms with Crippen LogP contribution in [0.5, 0.6) is 0 Å². The van der Waals surface area contributed by atoms with Gasteiger partial charge in [-0.15, -0.1) is 0 Å². The monoisotopic (exact) mass is 428 g/mol. The van der Waals surface area contributed by atoms with Crippen LogP contribution in [-0.4, -0.2) is 67.8 Å². The fraction of sp³-hybridized carbons (Fsp3) is 0.455. The molecule has 1 unspecified atom stereocenters. The third kappa shape index (κ3) is 5.15. The number of anilines is 2. The van der Waals surface area contributed by atoms with E-state index in [1.165, 1.54) is 5.69 Å². The highest BCUT2D eigenvalue weighted by atomic mass is 35.5. The van der Waals surface area contributed by atoms with Gasteiger partial charge < -0.3 is 25.2 Å². The smallest absolute Gasteiger partial charge is 0.191 e. The minimum Gasteiger partial charge on any atom is -0.375 e. The molecule has 0 radical (unpaired) electrons. The molecule has 0 spiro atoms. The van der Waals surface area contributed by atoms with Gasteiger partial charge in [-0.25, -0.2) is 9.98 Å². The minimum atomic E-state index is 0.241. The van der Waals surface area contributed by atoms with E-state index in [0.29, 0.717) is 12.5 Å². The van der Waals surface area contributed by atoms with Crippen LogP contribution in [0.4, 0.5) is 11.5 Å². The van der Waals surface area contributed by atoms with Crippen LogP contribution >= 0.6 is 11.6 Å². The molecule has 2 saturated heterocycles. The number of halogens is 1. The molecule has 0 saturated carbocycles. The molecule has 1 atom stereocenters. The number of ether oxygens (including phenoxy) is 1. The Bertz CT molecular complexity index is 849. The summed E-state index contributed by atoms with van der Waals surface area (Å²) in [5.41, 5.74) is 8.51. The van der Waals surface area contributed by atoms with Gasteiger partial charge in [0.05, 0.1) is 19.3 Å². The van der Waals surface area contributed by atoms with Gasteiger partial charge in [0.25, 0.3) is 0 Å². The highest BCUT2D eigenvalue weighted by Crippen LogP contribution is 2.20. The Morgan fingerprint density at radius 3 is 2.53 bits per heavy atom. The lowest BCUT2D eigenvalue weighted by molar-refractivity contribution is 0.0529. The van der Waals surface area contributed by atoms with Gasteiger partial charge in [-0.3, -0.25) is 0 Å². The van der Waals surface area contributed by atoms with Crippen molar-refractivity contribution in [2.24, 2.45) is 10.7 Å². The van der Waals surface area contributed by atoms with Gasteiger partial charge >= 0.3 is 0 Å². The highest BCUT2D eigenvalue weighted by Gasteiger charge is 2.19. The quantitative estimate of drug-likeness (QED) is 0.596. The molecule has 0 bridgehead atoms. The summed E-state index contributed by atoms with van der Waals surface area (Å²) in [7, 11) is 0. The van der Waals surface area contributed by atoms with Crippen molar-refractivity contribution in [3.63, 3.8) is 0 Å². The summed E-state index contributed by atoms with van der Waals surface area (Å²) in [5, 5.41) is 0.760. The Morgan fingerprint density at radius 1 is 1.10 bits per heavy atom. The lowest BCUT2D eigenvalue weighted by Gasteiger charge is -2.36. The third-order valence-electron chi connectivity index (χ3n) is 5.59. The number of rotatable bonds is 4.